The third kappa shape index (κ3) is 3.57. The second-order valence-electron chi connectivity index (χ2n) is 5.62. The summed E-state index contributed by atoms with van der Waals surface area (Å²) in [6, 6.07) is 11.7. The summed E-state index contributed by atoms with van der Waals surface area (Å²) in [5, 5.41) is 13.9. The van der Waals surface area contributed by atoms with Gasteiger partial charge in [0, 0.05) is 16.6 Å². The van der Waals surface area contributed by atoms with Crippen molar-refractivity contribution in [2.24, 2.45) is 0 Å². The molecule has 0 unspecified atom stereocenters. The molecule has 124 valence electrons. The Morgan fingerprint density at radius 3 is 2.76 bits per heavy atom. The van der Waals surface area contributed by atoms with Crippen molar-refractivity contribution < 1.29 is 9.18 Å². The van der Waals surface area contributed by atoms with Gasteiger partial charge >= 0.3 is 0 Å². The van der Waals surface area contributed by atoms with Gasteiger partial charge in [0.1, 0.15) is 22.6 Å². The number of nitrogens with one attached hydrogen (secondary N) is 1. The number of aryl methyl sites for hydroxylation is 2. The molecule has 0 aliphatic rings. The van der Waals surface area contributed by atoms with Crippen molar-refractivity contribution in [3.8, 4) is 16.6 Å². The number of rotatable bonds is 3. The predicted octanol–water partition coefficient (Wildman–Crippen LogP) is 4.69. The molecule has 3 aromatic rings. The van der Waals surface area contributed by atoms with Crippen LogP contribution in [0, 0.1) is 31.0 Å². The van der Waals surface area contributed by atoms with Crippen LogP contribution in [0.4, 0.5) is 10.1 Å². The van der Waals surface area contributed by atoms with E-state index in [0.29, 0.717) is 5.69 Å². The van der Waals surface area contributed by atoms with E-state index in [-0.39, 0.29) is 11.3 Å². The quantitative estimate of drug-likeness (QED) is 0.744. The van der Waals surface area contributed by atoms with E-state index in [1.165, 1.54) is 29.0 Å². The van der Waals surface area contributed by atoms with Crippen LogP contribution in [0.25, 0.3) is 10.6 Å². The number of thiazole rings is 1. The molecule has 0 bridgehead atoms. The first-order chi connectivity index (χ1) is 12.0. The van der Waals surface area contributed by atoms with Crippen LogP contribution in [-0.2, 0) is 0 Å². The van der Waals surface area contributed by atoms with Crippen molar-refractivity contribution in [3.05, 3.63) is 70.0 Å². The molecule has 2 aromatic carbocycles. The Hall–Kier alpha value is -3.04. The number of nitrogens with zero attached hydrogens (tertiary/aromatic N) is 2. The zero-order valence-corrected chi connectivity index (χ0v) is 14.4. The number of carbonyl (C=O) groups is 1. The number of hydrogen-bond acceptors (Lipinski definition) is 4. The first kappa shape index (κ1) is 16.8. The van der Waals surface area contributed by atoms with Gasteiger partial charge in [0.15, 0.2) is 0 Å². The highest BCUT2D eigenvalue weighted by molar-refractivity contribution is 7.13. The molecule has 6 heteroatoms. The van der Waals surface area contributed by atoms with Crippen LogP contribution < -0.4 is 5.32 Å². The minimum Gasteiger partial charge on any atom is -0.321 e. The number of nitriles is 1. The second kappa shape index (κ2) is 6.83. The smallest absolute Gasteiger partial charge is 0.275 e. The zero-order valence-electron chi connectivity index (χ0n) is 13.6. The van der Waals surface area contributed by atoms with Crippen LogP contribution in [-0.4, -0.2) is 10.9 Å². The second-order valence-corrected chi connectivity index (χ2v) is 6.47. The van der Waals surface area contributed by atoms with E-state index in [9.17, 15) is 9.18 Å². The summed E-state index contributed by atoms with van der Waals surface area (Å²) >= 11 is 1.39. The van der Waals surface area contributed by atoms with E-state index >= 15 is 0 Å². The topological polar surface area (TPSA) is 65.8 Å². The van der Waals surface area contributed by atoms with E-state index in [1.54, 1.807) is 11.4 Å². The summed E-state index contributed by atoms with van der Waals surface area (Å²) in [7, 11) is 0. The Balaban J connectivity index is 1.82. The molecular weight excluding hydrogens is 337 g/mol. The number of halogens is 1. The fraction of sp³-hybridized carbons (Fsp3) is 0.105. The molecule has 0 aliphatic heterocycles. The standard InChI is InChI=1S/C19H14FN3OS/c1-11-3-5-15(12(2)7-11)19-23-17(10-25-19)18(24)22-14-4-6-16(20)13(8-14)9-21/h3-8,10H,1-2H3,(H,22,24). The molecule has 0 spiro atoms. The van der Waals surface area contributed by atoms with Crippen LogP contribution in [0.1, 0.15) is 27.2 Å². The van der Waals surface area contributed by atoms with Gasteiger partial charge in [0.2, 0.25) is 0 Å². The average molecular weight is 351 g/mol. The summed E-state index contributed by atoms with van der Waals surface area (Å²) in [4.78, 5) is 16.7. The van der Waals surface area contributed by atoms with Gasteiger partial charge in [-0.15, -0.1) is 11.3 Å². The first-order valence-electron chi connectivity index (χ1n) is 7.52. The molecule has 0 atom stereocenters. The maximum atomic E-state index is 13.3. The minimum absolute atomic E-state index is 0.118. The first-order valence-corrected chi connectivity index (χ1v) is 8.40. The molecule has 1 heterocycles. The van der Waals surface area contributed by atoms with Gasteiger partial charge in [0.05, 0.1) is 5.56 Å². The van der Waals surface area contributed by atoms with E-state index in [0.717, 1.165) is 22.2 Å². The highest BCUT2D eigenvalue weighted by Crippen LogP contribution is 2.27. The maximum Gasteiger partial charge on any atom is 0.275 e. The summed E-state index contributed by atoms with van der Waals surface area (Å²) in [6.07, 6.45) is 0. The fourth-order valence-electron chi connectivity index (χ4n) is 2.44. The zero-order chi connectivity index (χ0) is 18.0. The van der Waals surface area contributed by atoms with Gasteiger partial charge in [-0.25, -0.2) is 9.37 Å². The van der Waals surface area contributed by atoms with Crippen LogP contribution >= 0.6 is 11.3 Å². The molecule has 3 rings (SSSR count). The van der Waals surface area contributed by atoms with Crippen molar-refractivity contribution in [1.82, 2.24) is 4.98 Å². The molecule has 0 saturated heterocycles. The number of benzene rings is 2. The molecule has 1 amide bonds. The van der Waals surface area contributed by atoms with Gasteiger partial charge in [-0.2, -0.15) is 5.26 Å². The van der Waals surface area contributed by atoms with Crippen LogP contribution in [0.15, 0.2) is 41.8 Å². The number of aromatic nitrogens is 1. The molecule has 25 heavy (non-hydrogen) atoms. The van der Waals surface area contributed by atoms with Crippen molar-refractivity contribution >= 4 is 22.9 Å². The predicted molar refractivity (Wildman–Crippen MR) is 96.1 cm³/mol. The monoisotopic (exact) mass is 351 g/mol. The van der Waals surface area contributed by atoms with Gasteiger partial charge in [-0.3, -0.25) is 4.79 Å². The molecular formula is C19H14FN3OS. The number of hydrogen-bond donors (Lipinski definition) is 1. The van der Waals surface area contributed by atoms with Crippen LogP contribution in [0.5, 0.6) is 0 Å². The highest BCUT2D eigenvalue weighted by atomic mass is 32.1. The maximum absolute atomic E-state index is 13.3. The van der Waals surface area contributed by atoms with Crippen molar-refractivity contribution in [2.45, 2.75) is 13.8 Å². The summed E-state index contributed by atoms with van der Waals surface area (Å²) in [5.41, 5.74) is 3.76. The lowest BCUT2D eigenvalue weighted by Gasteiger charge is -2.04. The van der Waals surface area contributed by atoms with Crippen molar-refractivity contribution in [1.29, 1.82) is 5.26 Å². The third-order valence-electron chi connectivity index (χ3n) is 3.69. The Labute approximate surface area is 148 Å². The molecule has 0 aliphatic carbocycles. The summed E-state index contributed by atoms with van der Waals surface area (Å²) in [6.45, 7) is 4.03. The normalized spacial score (nSPS) is 10.3. The third-order valence-corrected chi connectivity index (χ3v) is 4.57. The van der Waals surface area contributed by atoms with Gasteiger partial charge < -0.3 is 5.32 Å². The van der Waals surface area contributed by atoms with Crippen LogP contribution in [0.3, 0.4) is 0 Å². The molecule has 1 aromatic heterocycles. The lowest BCUT2D eigenvalue weighted by atomic mass is 10.1. The SMILES string of the molecule is Cc1ccc(-c2nc(C(=O)Nc3ccc(F)c(C#N)c3)cs2)c(C)c1. The molecule has 0 saturated carbocycles. The Morgan fingerprint density at radius 1 is 1.24 bits per heavy atom. The molecule has 1 N–H and O–H groups in total. The Kier molecular flexibility index (Phi) is 4.59. The molecule has 0 fully saturated rings. The van der Waals surface area contributed by atoms with Crippen molar-refractivity contribution in [2.75, 3.05) is 5.32 Å². The largest absolute Gasteiger partial charge is 0.321 e. The van der Waals surface area contributed by atoms with Gasteiger partial charge in [0.25, 0.3) is 5.91 Å². The van der Waals surface area contributed by atoms with Gasteiger partial charge in [-0.1, -0.05) is 23.8 Å². The van der Waals surface area contributed by atoms with Crippen molar-refractivity contribution in [3.63, 3.8) is 0 Å². The number of carbonyl (C=O) groups excluding carboxylic acids is 1. The average Bonchev–Trinajstić information content (AvgIpc) is 3.06. The van der Waals surface area contributed by atoms with E-state index < -0.39 is 11.7 Å². The van der Waals surface area contributed by atoms with Crippen LogP contribution in [0.2, 0.25) is 0 Å². The highest BCUT2D eigenvalue weighted by Gasteiger charge is 2.14. The Bertz CT molecular complexity index is 1000. The lowest BCUT2D eigenvalue weighted by molar-refractivity contribution is 0.102. The van der Waals surface area contributed by atoms with E-state index in [2.05, 4.69) is 16.4 Å². The lowest BCUT2D eigenvalue weighted by Crippen LogP contribution is -2.12. The number of anilines is 1. The Morgan fingerprint density at radius 2 is 2.04 bits per heavy atom. The fourth-order valence-corrected chi connectivity index (χ4v) is 3.33. The van der Waals surface area contributed by atoms with E-state index in [1.807, 2.05) is 26.0 Å². The van der Waals surface area contributed by atoms with E-state index in [4.69, 9.17) is 5.26 Å². The summed E-state index contributed by atoms with van der Waals surface area (Å²) in [5.74, 6) is -1.02. The number of amides is 1. The summed E-state index contributed by atoms with van der Waals surface area (Å²) < 4.78 is 13.3. The molecule has 0 radical (unpaired) electrons. The van der Waals surface area contributed by atoms with Gasteiger partial charge in [-0.05, 0) is 37.6 Å². The molecule has 4 nitrogen and oxygen atoms in total. The minimum atomic E-state index is -0.619.